The van der Waals surface area contributed by atoms with Crippen molar-refractivity contribution in [1.29, 1.82) is 0 Å². The van der Waals surface area contributed by atoms with Crippen LogP contribution in [0.4, 0.5) is 10.1 Å². The number of benzene rings is 1. The van der Waals surface area contributed by atoms with Crippen LogP contribution in [0.3, 0.4) is 0 Å². The average Bonchev–Trinajstić information content (AvgIpc) is 2.61. The molecule has 2 aromatic rings. The smallest absolute Gasteiger partial charge is 0.124 e. The van der Waals surface area contributed by atoms with Gasteiger partial charge in [0, 0.05) is 41.3 Å². The van der Waals surface area contributed by atoms with Gasteiger partial charge in [0.2, 0.25) is 0 Å². The van der Waals surface area contributed by atoms with Gasteiger partial charge in [-0.3, -0.25) is 4.98 Å². The second-order valence-electron chi connectivity index (χ2n) is 7.76. The van der Waals surface area contributed by atoms with Crippen LogP contribution < -0.4 is 4.90 Å². The van der Waals surface area contributed by atoms with E-state index in [-0.39, 0.29) is 17.8 Å². The zero-order valence-corrected chi connectivity index (χ0v) is 15.0. The van der Waals surface area contributed by atoms with Crippen LogP contribution in [0.2, 0.25) is 0 Å². The van der Waals surface area contributed by atoms with Crippen LogP contribution in [0.1, 0.15) is 25.0 Å². The highest BCUT2D eigenvalue weighted by Crippen LogP contribution is 2.43. The van der Waals surface area contributed by atoms with Gasteiger partial charge in [-0.1, -0.05) is 0 Å². The normalized spacial score (nSPS) is 27.5. The Kier molecular flexibility index (Phi) is 4.16. The second kappa shape index (κ2) is 6.22. The van der Waals surface area contributed by atoms with E-state index in [9.17, 15) is 9.50 Å². The Morgan fingerprint density at radius 2 is 2.12 bits per heavy atom. The lowest BCUT2D eigenvalue weighted by Crippen LogP contribution is -2.61. The largest absolute Gasteiger partial charge is 0.396 e. The molecule has 134 valence electrons. The van der Waals surface area contributed by atoms with Crippen molar-refractivity contribution in [3.05, 3.63) is 35.8 Å². The maximum atomic E-state index is 13.8. The molecule has 2 aliphatic heterocycles. The summed E-state index contributed by atoms with van der Waals surface area (Å²) >= 11 is 0. The van der Waals surface area contributed by atoms with Gasteiger partial charge in [0.05, 0.1) is 12.1 Å². The van der Waals surface area contributed by atoms with E-state index in [1.807, 2.05) is 6.92 Å². The molecule has 2 fully saturated rings. The molecule has 4 nitrogen and oxygen atoms in total. The first-order chi connectivity index (χ1) is 12.0. The molecule has 1 aromatic carbocycles. The molecule has 4 rings (SSSR count). The van der Waals surface area contributed by atoms with Crippen LogP contribution in [0.25, 0.3) is 10.9 Å². The summed E-state index contributed by atoms with van der Waals surface area (Å²) in [5, 5.41) is 11.0. The molecule has 0 aliphatic carbocycles. The number of hydrogen-bond donors (Lipinski definition) is 1. The first-order valence-corrected chi connectivity index (χ1v) is 9.15. The zero-order valence-electron chi connectivity index (χ0n) is 15.0. The number of anilines is 1. The lowest BCUT2D eigenvalue weighted by atomic mass is 9.69. The third kappa shape index (κ3) is 2.79. The monoisotopic (exact) mass is 343 g/mol. The number of pyridine rings is 1. The van der Waals surface area contributed by atoms with Crippen molar-refractivity contribution in [2.75, 3.05) is 38.2 Å². The van der Waals surface area contributed by atoms with E-state index in [1.165, 1.54) is 6.07 Å². The molecule has 0 amide bonds. The minimum atomic E-state index is -0.226. The third-order valence-electron chi connectivity index (χ3n) is 6.23. The highest BCUT2D eigenvalue weighted by molar-refractivity contribution is 5.92. The van der Waals surface area contributed by atoms with Crippen molar-refractivity contribution < 1.29 is 9.50 Å². The fourth-order valence-electron chi connectivity index (χ4n) is 4.81. The molecule has 0 spiro atoms. The van der Waals surface area contributed by atoms with Crippen molar-refractivity contribution >= 4 is 16.6 Å². The van der Waals surface area contributed by atoms with Crippen LogP contribution in [-0.4, -0.2) is 54.3 Å². The van der Waals surface area contributed by atoms with Gasteiger partial charge in [-0.05, 0) is 64.0 Å². The minimum absolute atomic E-state index is 0.00658. The van der Waals surface area contributed by atoms with Crippen LogP contribution >= 0.6 is 0 Å². The molecule has 0 saturated carbocycles. The summed E-state index contributed by atoms with van der Waals surface area (Å²) in [5.41, 5.74) is 2.86. The number of aliphatic hydroxyl groups is 1. The molecule has 25 heavy (non-hydrogen) atoms. The third-order valence-corrected chi connectivity index (χ3v) is 6.23. The number of nitrogens with zero attached hydrogens (tertiary/aromatic N) is 3. The summed E-state index contributed by atoms with van der Waals surface area (Å²) in [5.74, 6) is -0.226. The summed E-state index contributed by atoms with van der Waals surface area (Å²) in [6.45, 7) is 5.07. The van der Waals surface area contributed by atoms with E-state index in [0.717, 1.165) is 61.2 Å². The molecular weight excluding hydrogens is 317 g/mol. The number of piperidine rings is 2. The molecule has 0 unspecified atom stereocenters. The molecule has 0 bridgehead atoms. The highest BCUT2D eigenvalue weighted by atomic mass is 19.1. The zero-order chi connectivity index (χ0) is 17.6. The van der Waals surface area contributed by atoms with Gasteiger partial charge in [0.25, 0.3) is 0 Å². The Bertz CT molecular complexity index is 796. The Labute approximate surface area is 148 Å². The van der Waals surface area contributed by atoms with Gasteiger partial charge in [0.1, 0.15) is 5.82 Å². The van der Waals surface area contributed by atoms with E-state index in [2.05, 4.69) is 27.9 Å². The van der Waals surface area contributed by atoms with Gasteiger partial charge >= 0.3 is 0 Å². The maximum absolute atomic E-state index is 13.8. The molecular formula is C20H26FN3O. The van der Waals surface area contributed by atoms with Gasteiger partial charge in [-0.25, -0.2) is 4.39 Å². The van der Waals surface area contributed by atoms with E-state index in [4.69, 9.17) is 0 Å². The Balaban J connectivity index is 1.74. The number of halogens is 1. The number of rotatable bonds is 2. The minimum Gasteiger partial charge on any atom is -0.396 e. The predicted molar refractivity (Wildman–Crippen MR) is 98.4 cm³/mol. The lowest BCUT2D eigenvalue weighted by molar-refractivity contribution is -0.0275. The second-order valence-corrected chi connectivity index (χ2v) is 7.76. The summed E-state index contributed by atoms with van der Waals surface area (Å²) in [7, 11) is 2.16. The van der Waals surface area contributed by atoms with Gasteiger partial charge in [-0.2, -0.15) is 0 Å². The molecule has 1 aromatic heterocycles. The number of likely N-dealkylation sites (N-methyl/N-ethyl adjacent to an activating group) is 1. The highest BCUT2D eigenvalue weighted by Gasteiger charge is 2.46. The van der Waals surface area contributed by atoms with Crippen molar-refractivity contribution in [3.63, 3.8) is 0 Å². The van der Waals surface area contributed by atoms with E-state index < -0.39 is 0 Å². The van der Waals surface area contributed by atoms with Crippen LogP contribution in [-0.2, 0) is 0 Å². The molecule has 2 saturated heterocycles. The molecule has 1 N–H and O–H groups in total. The number of aliphatic hydroxyl groups excluding tert-OH is 1. The van der Waals surface area contributed by atoms with Gasteiger partial charge in [-0.15, -0.1) is 0 Å². The Morgan fingerprint density at radius 3 is 2.92 bits per heavy atom. The number of fused-ring (bicyclic) bond motifs is 2. The number of hydrogen-bond acceptors (Lipinski definition) is 4. The van der Waals surface area contributed by atoms with E-state index >= 15 is 0 Å². The first kappa shape index (κ1) is 16.7. The summed E-state index contributed by atoms with van der Waals surface area (Å²) in [6, 6.07) is 7.22. The lowest BCUT2D eigenvalue weighted by Gasteiger charge is -2.54. The van der Waals surface area contributed by atoms with Crippen LogP contribution in [0.5, 0.6) is 0 Å². The van der Waals surface area contributed by atoms with Crippen LogP contribution in [0.15, 0.2) is 24.3 Å². The van der Waals surface area contributed by atoms with E-state index in [0.29, 0.717) is 6.04 Å². The Morgan fingerprint density at radius 1 is 1.28 bits per heavy atom. The SMILES string of the molecule is Cc1cc(N2CC[C@@]3(CO)CCCN(C)[C@@H]3C2)c2cc(F)ccc2n1. The number of likely N-dealkylation sites (tertiary alicyclic amines) is 1. The van der Waals surface area contributed by atoms with Crippen molar-refractivity contribution in [2.45, 2.75) is 32.2 Å². The molecule has 3 heterocycles. The molecule has 5 heteroatoms. The quantitative estimate of drug-likeness (QED) is 0.910. The summed E-state index contributed by atoms with van der Waals surface area (Å²) in [6.07, 6.45) is 3.21. The summed E-state index contributed by atoms with van der Waals surface area (Å²) < 4.78 is 13.8. The van der Waals surface area contributed by atoms with Crippen molar-refractivity contribution in [3.8, 4) is 0 Å². The fourth-order valence-corrected chi connectivity index (χ4v) is 4.81. The Hall–Kier alpha value is -1.72. The molecule has 2 aliphatic rings. The average molecular weight is 343 g/mol. The maximum Gasteiger partial charge on any atom is 0.124 e. The first-order valence-electron chi connectivity index (χ1n) is 9.15. The molecule has 2 atom stereocenters. The van der Waals surface area contributed by atoms with Crippen molar-refractivity contribution in [1.82, 2.24) is 9.88 Å². The van der Waals surface area contributed by atoms with Crippen molar-refractivity contribution in [2.24, 2.45) is 5.41 Å². The predicted octanol–water partition coefficient (Wildman–Crippen LogP) is 2.97. The number of aryl methyl sites for hydroxylation is 1. The fraction of sp³-hybridized carbons (Fsp3) is 0.550. The van der Waals surface area contributed by atoms with Gasteiger partial charge < -0.3 is 14.9 Å². The number of aromatic nitrogens is 1. The van der Waals surface area contributed by atoms with Crippen LogP contribution in [0, 0.1) is 18.2 Å². The molecule has 0 radical (unpaired) electrons. The topological polar surface area (TPSA) is 39.6 Å². The standard InChI is InChI=1S/C20H26FN3O/c1-14-10-18(16-11-15(21)4-5-17(16)22-14)24-9-7-20(13-25)6-3-8-23(2)19(20)12-24/h4-5,10-11,19,25H,3,6-9,12-13H2,1-2H3/t19-,20-/m1/s1. The summed E-state index contributed by atoms with van der Waals surface area (Å²) in [4.78, 5) is 9.30. The van der Waals surface area contributed by atoms with E-state index in [1.54, 1.807) is 12.1 Å². The van der Waals surface area contributed by atoms with Gasteiger partial charge in [0.15, 0.2) is 0 Å².